The number of nitro groups is 1. The first-order valence-electron chi connectivity index (χ1n) is 7.61. The molecule has 118 valence electrons. The summed E-state index contributed by atoms with van der Waals surface area (Å²) in [6, 6.07) is 4.56. The lowest BCUT2D eigenvalue weighted by molar-refractivity contribution is -0.385. The Kier molecular flexibility index (Phi) is 6.10. The van der Waals surface area contributed by atoms with Crippen LogP contribution in [0.15, 0.2) is 12.1 Å². The minimum absolute atomic E-state index is 0.173. The molecule has 1 aliphatic rings. The molecule has 1 heterocycles. The molecule has 1 saturated carbocycles. The lowest BCUT2D eigenvalue weighted by Crippen LogP contribution is -2.18. The van der Waals surface area contributed by atoms with Crippen molar-refractivity contribution in [3.63, 3.8) is 0 Å². The first kappa shape index (κ1) is 16.2. The van der Waals surface area contributed by atoms with Gasteiger partial charge in [-0.15, -0.1) is 0 Å². The van der Waals surface area contributed by atoms with E-state index in [2.05, 4.69) is 10.3 Å². The molecule has 0 radical (unpaired) electrons. The van der Waals surface area contributed by atoms with Crippen LogP contribution in [0.1, 0.15) is 44.2 Å². The minimum atomic E-state index is -0.604. The first-order valence-corrected chi connectivity index (χ1v) is 7.61. The van der Waals surface area contributed by atoms with Gasteiger partial charge in [-0.3, -0.25) is 10.1 Å². The monoisotopic (exact) mass is 304 g/mol. The number of pyridine rings is 1. The lowest BCUT2D eigenvalue weighted by Gasteiger charge is -2.21. The van der Waals surface area contributed by atoms with Gasteiger partial charge < -0.3 is 10.1 Å². The average Bonchev–Trinajstić information content (AvgIpc) is 2.55. The summed E-state index contributed by atoms with van der Waals surface area (Å²) in [4.78, 5) is 14.1. The molecular weight excluding hydrogens is 284 g/mol. The van der Waals surface area contributed by atoms with E-state index >= 15 is 0 Å². The fourth-order valence-electron chi connectivity index (χ4n) is 2.55. The van der Waals surface area contributed by atoms with E-state index in [0.29, 0.717) is 25.1 Å². The van der Waals surface area contributed by atoms with Crippen LogP contribution in [0.3, 0.4) is 0 Å². The van der Waals surface area contributed by atoms with E-state index in [-0.39, 0.29) is 11.4 Å². The third-order valence-corrected chi connectivity index (χ3v) is 3.71. The number of nitrogens with one attached hydrogen (secondary N) is 1. The molecule has 1 aliphatic carbocycles. The van der Waals surface area contributed by atoms with Gasteiger partial charge in [0, 0.05) is 19.2 Å². The van der Waals surface area contributed by atoms with Crippen molar-refractivity contribution < 1.29 is 9.66 Å². The second-order valence-corrected chi connectivity index (χ2v) is 5.34. The molecule has 0 saturated heterocycles. The number of aromatic nitrogens is 1. The second-order valence-electron chi connectivity index (χ2n) is 5.34. The predicted octanol–water partition coefficient (Wildman–Crippen LogP) is 3.01. The Balaban J connectivity index is 1.72. The molecule has 1 fully saturated rings. The molecule has 7 nitrogen and oxygen atoms in total. The molecule has 1 aromatic heterocycles. The molecule has 0 aliphatic heterocycles. The van der Waals surface area contributed by atoms with Crippen molar-refractivity contribution in [3.05, 3.63) is 27.9 Å². The highest BCUT2D eigenvalue weighted by Gasteiger charge is 2.15. The van der Waals surface area contributed by atoms with E-state index < -0.39 is 4.92 Å². The van der Waals surface area contributed by atoms with Gasteiger partial charge in [-0.05, 0) is 25.3 Å². The van der Waals surface area contributed by atoms with Crippen molar-refractivity contribution in [2.45, 2.75) is 44.6 Å². The van der Waals surface area contributed by atoms with Gasteiger partial charge in [0.25, 0.3) is 0 Å². The highest BCUT2D eigenvalue weighted by atomic mass is 16.6. The number of ether oxygens (including phenoxy) is 1. The summed E-state index contributed by atoms with van der Waals surface area (Å²) < 4.78 is 5.81. The normalized spacial score (nSPS) is 15.2. The van der Waals surface area contributed by atoms with Gasteiger partial charge in [0.15, 0.2) is 0 Å². The molecule has 0 bridgehead atoms. The van der Waals surface area contributed by atoms with Crippen molar-refractivity contribution >= 4 is 11.5 Å². The van der Waals surface area contributed by atoms with E-state index in [1.54, 1.807) is 6.07 Å². The maximum atomic E-state index is 10.7. The van der Waals surface area contributed by atoms with Crippen molar-refractivity contribution in [2.75, 3.05) is 18.5 Å². The van der Waals surface area contributed by atoms with Crippen LogP contribution in [0.25, 0.3) is 0 Å². The molecule has 1 aromatic rings. The van der Waals surface area contributed by atoms with Crippen molar-refractivity contribution in [2.24, 2.45) is 0 Å². The quantitative estimate of drug-likeness (QED) is 0.472. The summed E-state index contributed by atoms with van der Waals surface area (Å²) in [5, 5.41) is 22.7. The Morgan fingerprint density at radius 1 is 1.41 bits per heavy atom. The number of anilines is 1. The fourth-order valence-corrected chi connectivity index (χ4v) is 2.55. The number of nitriles is 1. The highest BCUT2D eigenvalue weighted by Crippen LogP contribution is 2.20. The van der Waals surface area contributed by atoms with Gasteiger partial charge >= 0.3 is 5.69 Å². The summed E-state index contributed by atoms with van der Waals surface area (Å²) in [7, 11) is 0. The predicted molar refractivity (Wildman–Crippen MR) is 81.5 cm³/mol. The van der Waals surface area contributed by atoms with E-state index in [4.69, 9.17) is 10.00 Å². The third kappa shape index (κ3) is 4.67. The molecule has 0 atom stereocenters. The van der Waals surface area contributed by atoms with Crippen LogP contribution in [0.4, 0.5) is 11.5 Å². The van der Waals surface area contributed by atoms with Gasteiger partial charge in [0.2, 0.25) is 5.69 Å². The third-order valence-electron chi connectivity index (χ3n) is 3.71. The zero-order valence-electron chi connectivity index (χ0n) is 12.5. The number of hydrogen-bond acceptors (Lipinski definition) is 6. The molecule has 22 heavy (non-hydrogen) atoms. The molecular formula is C15H20N4O3. The van der Waals surface area contributed by atoms with Gasteiger partial charge in [-0.2, -0.15) is 5.26 Å². The minimum Gasteiger partial charge on any atom is -0.378 e. The Morgan fingerprint density at radius 2 is 2.18 bits per heavy atom. The highest BCUT2D eigenvalue weighted by molar-refractivity contribution is 5.50. The summed E-state index contributed by atoms with van der Waals surface area (Å²) in [6.45, 7) is 1.35. The Labute approximate surface area is 129 Å². The Hall–Kier alpha value is -2.20. The van der Waals surface area contributed by atoms with Gasteiger partial charge in [0.1, 0.15) is 11.9 Å². The fraction of sp³-hybridized carbons (Fsp3) is 0.600. The zero-order valence-corrected chi connectivity index (χ0v) is 12.5. The maximum absolute atomic E-state index is 10.7. The molecule has 0 unspecified atom stereocenters. The lowest BCUT2D eigenvalue weighted by atomic mass is 9.98. The maximum Gasteiger partial charge on any atom is 0.305 e. The van der Waals surface area contributed by atoms with Gasteiger partial charge in [-0.25, -0.2) is 4.98 Å². The molecule has 0 aromatic carbocycles. The van der Waals surface area contributed by atoms with E-state index in [9.17, 15) is 10.1 Å². The summed E-state index contributed by atoms with van der Waals surface area (Å²) in [5.41, 5.74) is -0.442. The smallest absolute Gasteiger partial charge is 0.305 e. The van der Waals surface area contributed by atoms with Crippen LogP contribution < -0.4 is 5.32 Å². The summed E-state index contributed by atoms with van der Waals surface area (Å²) in [5.74, 6) is 0.472. The number of rotatable bonds is 7. The van der Waals surface area contributed by atoms with E-state index in [1.807, 2.05) is 0 Å². The Morgan fingerprint density at radius 3 is 2.86 bits per heavy atom. The summed E-state index contributed by atoms with van der Waals surface area (Å²) in [6.07, 6.45) is 7.37. The van der Waals surface area contributed by atoms with Crippen molar-refractivity contribution in [1.82, 2.24) is 4.98 Å². The van der Waals surface area contributed by atoms with E-state index in [0.717, 1.165) is 19.3 Å². The average molecular weight is 304 g/mol. The zero-order chi connectivity index (χ0) is 15.8. The van der Waals surface area contributed by atoms with Gasteiger partial charge in [-0.1, -0.05) is 19.3 Å². The molecule has 2 rings (SSSR count). The van der Waals surface area contributed by atoms with Crippen LogP contribution in [0.5, 0.6) is 0 Å². The number of hydrogen-bond donors (Lipinski definition) is 1. The van der Waals surface area contributed by atoms with Crippen molar-refractivity contribution in [1.29, 1.82) is 5.26 Å². The van der Waals surface area contributed by atoms with Crippen LogP contribution in [-0.2, 0) is 4.74 Å². The number of nitrogens with zero attached hydrogens (tertiary/aromatic N) is 3. The Bertz CT molecular complexity index is 550. The van der Waals surface area contributed by atoms with Crippen LogP contribution >= 0.6 is 0 Å². The summed E-state index contributed by atoms with van der Waals surface area (Å²) >= 11 is 0. The van der Waals surface area contributed by atoms with Crippen LogP contribution in [0.2, 0.25) is 0 Å². The van der Waals surface area contributed by atoms with Crippen LogP contribution in [0, 0.1) is 21.4 Å². The molecule has 7 heteroatoms. The largest absolute Gasteiger partial charge is 0.378 e. The topological polar surface area (TPSA) is 101 Å². The SMILES string of the molecule is N#Cc1nc(NCCCOC2CCCCC2)ccc1[N+](=O)[O-]. The first-order chi connectivity index (χ1) is 10.7. The van der Waals surface area contributed by atoms with Gasteiger partial charge in [0.05, 0.1) is 11.0 Å². The second kappa shape index (κ2) is 8.29. The molecule has 0 spiro atoms. The van der Waals surface area contributed by atoms with Crippen molar-refractivity contribution in [3.8, 4) is 6.07 Å². The molecule has 0 amide bonds. The standard InChI is InChI=1S/C15H20N4O3/c16-11-13-14(19(20)21)7-8-15(18-13)17-9-4-10-22-12-5-2-1-3-6-12/h7-8,12H,1-6,9-10H2,(H,17,18). The molecule has 1 N–H and O–H groups in total. The van der Waals surface area contributed by atoms with Crippen LogP contribution in [-0.4, -0.2) is 29.2 Å². The van der Waals surface area contributed by atoms with E-state index in [1.165, 1.54) is 31.4 Å².